The van der Waals surface area contributed by atoms with Crippen LogP contribution in [-0.2, 0) is 11.3 Å². The van der Waals surface area contributed by atoms with Crippen molar-refractivity contribution in [1.82, 2.24) is 0 Å². The number of hydrogen-bond donors (Lipinski definition) is 2. The van der Waals surface area contributed by atoms with Gasteiger partial charge in [-0.2, -0.15) is 0 Å². The van der Waals surface area contributed by atoms with E-state index in [1.807, 2.05) is 0 Å². The van der Waals surface area contributed by atoms with Gasteiger partial charge in [-0.1, -0.05) is 51.5 Å². The molecule has 0 aromatic heterocycles. The van der Waals surface area contributed by atoms with Crippen LogP contribution in [0.1, 0.15) is 74.2 Å². The number of Topliss-reactive ketones (excluding diaryl/α,β-unsaturated/α-hetero) is 1. The number of anilines is 1. The molecule has 0 saturated carbocycles. The maximum Gasteiger partial charge on any atom is 0.404 e. The SMILES string of the molecule is CCCCCCCCCC(=O)c1cc(N)ccc1COC(N)=O. The Balaban J connectivity index is 2.47. The number of benzene rings is 1. The highest BCUT2D eigenvalue weighted by Gasteiger charge is 2.13. The van der Waals surface area contributed by atoms with Gasteiger partial charge in [0.15, 0.2) is 5.78 Å². The summed E-state index contributed by atoms with van der Waals surface area (Å²) in [5.41, 5.74) is 12.4. The zero-order valence-corrected chi connectivity index (χ0v) is 14.0. The Morgan fingerprint density at radius 3 is 2.35 bits per heavy atom. The van der Waals surface area contributed by atoms with E-state index in [1.54, 1.807) is 18.2 Å². The zero-order chi connectivity index (χ0) is 17.1. The summed E-state index contributed by atoms with van der Waals surface area (Å²) in [6.45, 7) is 2.19. The predicted octanol–water partition coefficient (Wildman–Crippen LogP) is 4.19. The number of ketones is 1. The molecule has 0 saturated heterocycles. The van der Waals surface area contributed by atoms with Crippen LogP contribution in [0.15, 0.2) is 18.2 Å². The quantitative estimate of drug-likeness (QED) is 0.363. The third-order valence-electron chi connectivity index (χ3n) is 3.81. The second kappa shape index (κ2) is 10.6. The molecule has 1 aromatic carbocycles. The van der Waals surface area contributed by atoms with Crippen LogP contribution in [0.4, 0.5) is 10.5 Å². The molecule has 1 rings (SSSR count). The van der Waals surface area contributed by atoms with Gasteiger partial charge in [-0.3, -0.25) is 4.79 Å². The van der Waals surface area contributed by atoms with Gasteiger partial charge in [0.25, 0.3) is 0 Å². The van der Waals surface area contributed by atoms with Crippen molar-refractivity contribution in [3.63, 3.8) is 0 Å². The first-order valence-corrected chi connectivity index (χ1v) is 8.38. The fourth-order valence-electron chi connectivity index (χ4n) is 2.51. The first-order valence-electron chi connectivity index (χ1n) is 8.38. The Morgan fingerprint density at radius 1 is 1.04 bits per heavy atom. The van der Waals surface area contributed by atoms with Gasteiger partial charge in [-0.15, -0.1) is 0 Å². The number of unbranched alkanes of at least 4 members (excludes halogenated alkanes) is 6. The summed E-state index contributed by atoms with van der Waals surface area (Å²) in [5.74, 6) is 0.0360. The van der Waals surface area contributed by atoms with Crippen LogP contribution in [0.2, 0.25) is 0 Å². The number of carbonyl (C=O) groups excluding carboxylic acids is 2. The van der Waals surface area contributed by atoms with Crippen molar-refractivity contribution in [1.29, 1.82) is 0 Å². The molecule has 0 aliphatic heterocycles. The molecule has 0 aliphatic rings. The molecule has 0 radical (unpaired) electrons. The number of amides is 1. The summed E-state index contributed by atoms with van der Waals surface area (Å²) in [6.07, 6.45) is 7.76. The third kappa shape index (κ3) is 7.68. The Morgan fingerprint density at radius 2 is 1.70 bits per heavy atom. The van der Waals surface area contributed by atoms with E-state index in [2.05, 4.69) is 6.92 Å². The van der Waals surface area contributed by atoms with Crippen LogP contribution in [0.25, 0.3) is 0 Å². The number of carbonyl (C=O) groups is 2. The predicted molar refractivity (Wildman–Crippen MR) is 92.2 cm³/mol. The van der Waals surface area contributed by atoms with Gasteiger partial charge < -0.3 is 16.2 Å². The molecule has 0 atom stereocenters. The van der Waals surface area contributed by atoms with E-state index in [4.69, 9.17) is 16.2 Å². The molecule has 23 heavy (non-hydrogen) atoms. The summed E-state index contributed by atoms with van der Waals surface area (Å²) in [5, 5.41) is 0. The van der Waals surface area contributed by atoms with Crippen molar-refractivity contribution >= 4 is 17.6 Å². The standard InChI is InChI=1S/C18H28N2O3/c1-2-3-4-5-6-7-8-9-17(21)16-12-15(19)11-10-14(16)13-23-18(20)22/h10-12H,2-9,13,19H2,1H3,(H2,20,22). The maximum atomic E-state index is 12.4. The Bertz CT molecular complexity index is 515. The number of hydrogen-bond acceptors (Lipinski definition) is 4. The lowest BCUT2D eigenvalue weighted by Gasteiger charge is -2.10. The van der Waals surface area contributed by atoms with Gasteiger partial charge >= 0.3 is 6.09 Å². The number of rotatable bonds is 11. The summed E-state index contributed by atoms with van der Waals surface area (Å²) in [6, 6.07) is 5.03. The summed E-state index contributed by atoms with van der Waals surface area (Å²) >= 11 is 0. The fraction of sp³-hybridized carbons (Fsp3) is 0.556. The first-order chi connectivity index (χ1) is 11.0. The second-order valence-corrected chi connectivity index (χ2v) is 5.82. The number of ether oxygens (including phenoxy) is 1. The van der Waals surface area contributed by atoms with Gasteiger partial charge in [0.1, 0.15) is 6.61 Å². The highest BCUT2D eigenvalue weighted by Crippen LogP contribution is 2.18. The zero-order valence-electron chi connectivity index (χ0n) is 14.0. The Kier molecular flexibility index (Phi) is 8.80. The molecule has 0 fully saturated rings. The van der Waals surface area contributed by atoms with E-state index in [9.17, 15) is 9.59 Å². The lowest BCUT2D eigenvalue weighted by molar-refractivity contribution is 0.0973. The highest BCUT2D eigenvalue weighted by molar-refractivity contribution is 5.98. The normalized spacial score (nSPS) is 10.5. The molecule has 1 aromatic rings. The monoisotopic (exact) mass is 320 g/mol. The highest BCUT2D eigenvalue weighted by atomic mass is 16.5. The first kappa shape index (κ1) is 19.0. The van der Waals surface area contributed by atoms with E-state index >= 15 is 0 Å². The van der Waals surface area contributed by atoms with Crippen molar-refractivity contribution in [2.24, 2.45) is 5.73 Å². The van der Waals surface area contributed by atoms with Crippen LogP contribution in [0.5, 0.6) is 0 Å². The number of nitrogens with two attached hydrogens (primary N) is 2. The van der Waals surface area contributed by atoms with Crippen LogP contribution in [-0.4, -0.2) is 11.9 Å². The maximum absolute atomic E-state index is 12.4. The molecule has 128 valence electrons. The van der Waals surface area contributed by atoms with Crippen molar-refractivity contribution in [3.05, 3.63) is 29.3 Å². The third-order valence-corrected chi connectivity index (χ3v) is 3.81. The van der Waals surface area contributed by atoms with Gasteiger partial charge in [0.2, 0.25) is 0 Å². The van der Waals surface area contributed by atoms with Crippen molar-refractivity contribution in [2.75, 3.05) is 5.73 Å². The second-order valence-electron chi connectivity index (χ2n) is 5.82. The molecule has 0 spiro atoms. The lowest BCUT2D eigenvalue weighted by atomic mass is 9.98. The summed E-state index contributed by atoms with van der Waals surface area (Å²) in [7, 11) is 0. The molecule has 5 nitrogen and oxygen atoms in total. The molecular formula is C18H28N2O3. The molecule has 0 heterocycles. The van der Waals surface area contributed by atoms with Crippen LogP contribution < -0.4 is 11.5 Å². The van der Waals surface area contributed by atoms with Crippen molar-refractivity contribution < 1.29 is 14.3 Å². The average Bonchev–Trinajstić information content (AvgIpc) is 2.52. The molecule has 4 N–H and O–H groups in total. The number of nitrogen functional groups attached to an aromatic ring is 1. The Labute approximate surface area is 138 Å². The molecule has 5 heteroatoms. The van der Waals surface area contributed by atoms with Crippen LogP contribution >= 0.6 is 0 Å². The smallest absolute Gasteiger partial charge is 0.404 e. The molecule has 1 amide bonds. The van der Waals surface area contributed by atoms with Gasteiger partial charge in [-0.25, -0.2) is 4.79 Å². The summed E-state index contributed by atoms with van der Waals surface area (Å²) < 4.78 is 4.78. The molecule has 0 bridgehead atoms. The van der Waals surface area contributed by atoms with Crippen molar-refractivity contribution in [2.45, 2.75) is 64.9 Å². The topological polar surface area (TPSA) is 95.4 Å². The minimum atomic E-state index is -0.854. The van der Waals surface area contributed by atoms with E-state index in [0.717, 1.165) is 12.8 Å². The Hall–Kier alpha value is -2.04. The van der Waals surface area contributed by atoms with Gasteiger partial charge in [-0.05, 0) is 18.6 Å². The largest absolute Gasteiger partial charge is 0.445 e. The fourth-order valence-corrected chi connectivity index (χ4v) is 2.51. The van der Waals surface area contributed by atoms with E-state index in [-0.39, 0.29) is 12.4 Å². The number of primary amides is 1. The lowest BCUT2D eigenvalue weighted by Crippen LogP contribution is -2.14. The molecule has 0 aliphatic carbocycles. The van der Waals surface area contributed by atoms with E-state index < -0.39 is 6.09 Å². The van der Waals surface area contributed by atoms with Crippen LogP contribution in [0.3, 0.4) is 0 Å². The summed E-state index contributed by atoms with van der Waals surface area (Å²) in [4.78, 5) is 23.1. The van der Waals surface area contributed by atoms with Crippen molar-refractivity contribution in [3.8, 4) is 0 Å². The van der Waals surface area contributed by atoms with Gasteiger partial charge in [0.05, 0.1) is 0 Å². The minimum absolute atomic E-state index is 0.00625. The average molecular weight is 320 g/mol. The molecular weight excluding hydrogens is 292 g/mol. The van der Waals surface area contributed by atoms with E-state index in [0.29, 0.717) is 23.2 Å². The van der Waals surface area contributed by atoms with Gasteiger partial charge in [0, 0.05) is 23.2 Å². The van der Waals surface area contributed by atoms with Crippen LogP contribution in [0, 0.1) is 0 Å². The minimum Gasteiger partial charge on any atom is -0.445 e. The van der Waals surface area contributed by atoms with E-state index in [1.165, 1.54) is 32.1 Å². The molecule has 0 unspecified atom stereocenters.